The van der Waals surface area contributed by atoms with Crippen LogP contribution < -0.4 is 0 Å². The van der Waals surface area contributed by atoms with Crippen LogP contribution in [0.2, 0.25) is 0 Å². The molecule has 0 aliphatic rings. The number of allylic oxidation sites excluding steroid dienone is 2. The van der Waals surface area contributed by atoms with E-state index in [0.29, 0.717) is 22.4 Å². The summed E-state index contributed by atoms with van der Waals surface area (Å²) in [7, 11) is 0. The molecule has 0 bridgehead atoms. The van der Waals surface area contributed by atoms with Crippen LogP contribution in [0, 0.1) is 24.5 Å². The number of aliphatic hydroxyl groups excluding tert-OH is 1. The van der Waals surface area contributed by atoms with E-state index in [0.717, 1.165) is 74.6 Å². The number of furan rings is 1. The van der Waals surface area contributed by atoms with Gasteiger partial charge in [-0.2, -0.15) is 0 Å². The molecule has 46 heavy (non-hydrogen) atoms. The Kier molecular flexibility index (Phi) is 9.91. The van der Waals surface area contributed by atoms with Crippen LogP contribution in [0.15, 0.2) is 87.4 Å². The molecular formula is C39H35IrN2O4-. The van der Waals surface area contributed by atoms with Gasteiger partial charge in [-0.15, -0.1) is 17.5 Å². The van der Waals surface area contributed by atoms with Crippen LogP contribution in [0.5, 0.6) is 0 Å². The summed E-state index contributed by atoms with van der Waals surface area (Å²) in [4.78, 5) is 20.3. The number of hydrogen-bond acceptors (Lipinski definition) is 5. The summed E-state index contributed by atoms with van der Waals surface area (Å²) in [5.41, 5.74) is 4.76. The molecule has 6 nitrogen and oxygen atoms in total. The van der Waals surface area contributed by atoms with Crippen molar-refractivity contribution in [2.24, 2.45) is 11.8 Å². The molecule has 0 aliphatic heterocycles. The minimum Gasteiger partial charge on any atom is -0.512 e. The minimum atomic E-state index is 0. The Labute approximate surface area is 281 Å². The maximum absolute atomic E-state index is 11.7. The number of carbonyl (C=O) groups is 1. The van der Waals surface area contributed by atoms with Crippen LogP contribution in [0.25, 0.3) is 70.5 Å². The average Bonchev–Trinajstić information content (AvgIpc) is 3.39. The maximum atomic E-state index is 11.7. The monoisotopic (exact) mass is 788 g/mol. The quantitative estimate of drug-likeness (QED) is 0.0988. The second-order valence-corrected chi connectivity index (χ2v) is 11.4. The molecule has 0 unspecified atom stereocenters. The first kappa shape index (κ1) is 32.9. The van der Waals surface area contributed by atoms with Gasteiger partial charge in [0.15, 0.2) is 11.5 Å². The molecule has 0 spiro atoms. The number of pyridine rings is 1. The summed E-state index contributed by atoms with van der Waals surface area (Å²) < 4.78 is 12.7. The first-order valence-electron chi connectivity index (χ1n) is 15.6. The van der Waals surface area contributed by atoms with Gasteiger partial charge in [0, 0.05) is 54.3 Å². The molecule has 4 aromatic carbocycles. The molecule has 7 aromatic rings. The molecule has 0 aliphatic carbocycles. The second-order valence-electron chi connectivity index (χ2n) is 11.4. The van der Waals surface area contributed by atoms with Gasteiger partial charge in [0.2, 0.25) is 0 Å². The van der Waals surface area contributed by atoms with Crippen LogP contribution in [0.3, 0.4) is 0 Å². The molecule has 7 heteroatoms. The predicted molar refractivity (Wildman–Crippen MR) is 183 cm³/mol. The third-order valence-electron chi connectivity index (χ3n) is 8.78. The second kappa shape index (κ2) is 13.9. The summed E-state index contributed by atoms with van der Waals surface area (Å²) in [5.74, 6) is 0.547. The molecule has 1 N–H and O–H groups in total. The van der Waals surface area contributed by atoms with E-state index in [4.69, 9.17) is 20.4 Å². The largest absolute Gasteiger partial charge is 0.512 e. The summed E-state index contributed by atoms with van der Waals surface area (Å²) in [6.45, 7) is 15.6. The maximum Gasteiger partial charge on any atom is 0.194 e. The van der Waals surface area contributed by atoms with E-state index in [2.05, 4.69) is 10.9 Å². The Balaban J connectivity index is 0.000000225. The third kappa shape index (κ3) is 5.91. The normalized spacial score (nSPS) is 11.9. The standard InChI is InChI=1S/C26H11N2O2.C13H24O2.Ir/c1-27-16-12-20-24-21(13-16)30-26-17-8-4-2-6-14(17)10-18(23(24)26)25-22(29-20)11-15-7-3-5-9-19(15)28-25;1-5-10(6-2)12(14)9-13(15)11(7-3)8-4;/h2-9,11-13H;9-11,14H,5-8H2,1-4H3;/q-1;;/b;12-9-;. The van der Waals surface area contributed by atoms with Crippen LogP contribution in [0.4, 0.5) is 5.69 Å². The number of nitrogens with zero attached hydrogens (tertiary/aromatic N) is 2. The van der Waals surface area contributed by atoms with E-state index < -0.39 is 0 Å². The van der Waals surface area contributed by atoms with E-state index >= 15 is 0 Å². The zero-order valence-corrected chi connectivity index (χ0v) is 28.7. The van der Waals surface area contributed by atoms with Gasteiger partial charge in [-0.3, -0.25) is 9.78 Å². The van der Waals surface area contributed by atoms with E-state index in [9.17, 15) is 9.90 Å². The minimum absolute atomic E-state index is 0. The fraction of sp³-hybridized carbons (Fsp3) is 0.256. The van der Waals surface area contributed by atoms with Crippen LogP contribution in [0.1, 0.15) is 53.4 Å². The van der Waals surface area contributed by atoms with Crippen molar-refractivity contribution in [1.29, 1.82) is 0 Å². The van der Waals surface area contributed by atoms with Crippen LogP contribution in [-0.4, -0.2) is 15.9 Å². The van der Waals surface area contributed by atoms with Gasteiger partial charge in [0.05, 0.1) is 23.4 Å². The molecule has 235 valence electrons. The van der Waals surface area contributed by atoms with E-state index in [-0.39, 0.29) is 43.5 Å². The molecule has 1 radical (unpaired) electrons. The third-order valence-corrected chi connectivity index (χ3v) is 8.78. The van der Waals surface area contributed by atoms with E-state index in [1.807, 2.05) is 82.3 Å². The van der Waals surface area contributed by atoms with Gasteiger partial charge in [-0.25, -0.2) is 4.85 Å². The number of fused-ring (bicyclic) bond motifs is 5. The molecule has 3 aromatic heterocycles. The Morgan fingerprint density at radius 1 is 0.891 bits per heavy atom. The van der Waals surface area contributed by atoms with Gasteiger partial charge in [0.1, 0.15) is 16.7 Å². The van der Waals surface area contributed by atoms with Crippen molar-refractivity contribution in [2.75, 3.05) is 0 Å². The van der Waals surface area contributed by atoms with Crippen molar-refractivity contribution in [3.05, 3.63) is 96.0 Å². The molecule has 0 amide bonds. The molecule has 0 saturated heterocycles. The number of hydrogen-bond donors (Lipinski definition) is 1. The van der Waals surface area contributed by atoms with Crippen molar-refractivity contribution >= 4 is 77.2 Å². The van der Waals surface area contributed by atoms with Gasteiger partial charge in [0.25, 0.3) is 0 Å². The number of aromatic nitrogens is 1. The van der Waals surface area contributed by atoms with E-state index in [1.54, 1.807) is 12.1 Å². The fourth-order valence-electron chi connectivity index (χ4n) is 6.17. The Hall–Kier alpha value is -4.50. The van der Waals surface area contributed by atoms with E-state index in [1.165, 1.54) is 6.08 Å². The molecule has 0 saturated carbocycles. The van der Waals surface area contributed by atoms with Crippen molar-refractivity contribution in [3.63, 3.8) is 0 Å². The Morgan fingerprint density at radius 3 is 2.24 bits per heavy atom. The molecule has 0 fully saturated rings. The summed E-state index contributed by atoms with van der Waals surface area (Å²) in [5, 5.41) is 15.3. The van der Waals surface area contributed by atoms with Crippen LogP contribution in [-0.2, 0) is 24.9 Å². The number of rotatable bonds is 7. The Bertz CT molecular complexity index is 2280. The van der Waals surface area contributed by atoms with Crippen LogP contribution >= 0.6 is 0 Å². The van der Waals surface area contributed by atoms with Gasteiger partial charge < -0.3 is 13.9 Å². The van der Waals surface area contributed by atoms with Crippen molar-refractivity contribution < 1.29 is 38.8 Å². The summed E-state index contributed by atoms with van der Waals surface area (Å²) in [6, 6.07) is 25.1. The molecule has 0 atom stereocenters. The first-order chi connectivity index (χ1) is 21.9. The SMILES string of the molecule is CCC(CC)C(=O)/C=C(\O)C(CC)CC.[C-]#[N+]c1cc2oc3cc4ccccc4nc3c3[c-]c4ccccc4c4oc(c1)c2c34.[Ir]. The molecular weight excluding hydrogens is 753 g/mol. The van der Waals surface area contributed by atoms with Gasteiger partial charge in [-0.1, -0.05) is 69.5 Å². The molecule has 3 heterocycles. The summed E-state index contributed by atoms with van der Waals surface area (Å²) in [6.07, 6.45) is 4.91. The number of para-hydroxylation sites is 1. The number of ketones is 1. The number of benzene rings is 4. The topological polar surface area (TPSA) is 80.8 Å². The van der Waals surface area contributed by atoms with Gasteiger partial charge >= 0.3 is 0 Å². The first-order valence-corrected chi connectivity index (χ1v) is 15.6. The van der Waals surface area contributed by atoms with Crippen molar-refractivity contribution in [2.45, 2.75) is 53.4 Å². The number of carbonyl (C=O) groups excluding carboxylic acids is 1. The smallest absolute Gasteiger partial charge is 0.194 e. The van der Waals surface area contributed by atoms with Crippen molar-refractivity contribution in [3.8, 4) is 0 Å². The zero-order chi connectivity index (χ0) is 31.7. The fourth-order valence-corrected chi connectivity index (χ4v) is 6.17. The summed E-state index contributed by atoms with van der Waals surface area (Å²) >= 11 is 0. The molecule has 7 rings (SSSR count). The Morgan fingerprint density at radius 2 is 1.54 bits per heavy atom. The predicted octanol–water partition coefficient (Wildman–Crippen LogP) is 11.4. The average molecular weight is 788 g/mol. The van der Waals surface area contributed by atoms with Gasteiger partial charge in [-0.05, 0) is 60.7 Å². The zero-order valence-electron chi connectivity index (χ0n) is 26.3. The number of aliphatic hydroxyl groups is 1. The van der Waals surface area contributed by atoms with Crippen molar-refractivity contribution in [1.82, 2.24) is 4.98 Å².